The summed E-state index contributed by atoms with van der Waals surface area (Å²) in [6, 6.07) is 8.27. The fraction of sp³-hybridized carbons (Fsp3) is 0.231. The van der Waals surface area contributed by atoms with E-state index in [0.29, 0.717) is 13.1 Å². The lowest BCUT2D eigenvalue weighted by Crippen LogP contribution is -2.14. The summed E-state index contributed by atoms with van der Waals surface area (Å²) in [5.41, 5.74) is 9.63. The molecule has 0 bridgehead atoms. The maximum absolute atomic E-state index is 5.48. The van der Waals surface area contributed by atoms with Crippen LogP contribution >= 0.6 is 0 Å². The number of hydrogen-bond acceptors (Lipinski definition) is 4. The molecule has 1 aromatic heterocycles. The van der Waals surface area contributed by atoms with E-state index >= 15 is 0 Å². The Balaban J connectivity index is 2.33. The average molecular weight is 228 g/mol. The molecule has 0 radical (unpaired) electrons. The van der Waals surface area contributed by atoms with Gasteiger partial charge in [0.1, 0.15) is 6.33 Å². The number of aromatic nitrogens is 2. The second kappa shape index (κ2) is 5.41. The third-order valence-corrected chi connectivity index (χ3v) is 2.50. The lowest BCUT2D eigenvalue weighted by Gasteiger charge is -2.09. The highest BCUT2D eigenvalue weighted by Gasteiger charge is 2.05. The number of benzene rings is 1. The predicted octanol–water partition coefficient (Wildman–Crippen LogP) is 1.82. The standard InChI is InChI=1S/C13H16N4/c1-10-2-4-11(5-3-10)13-12(16-7-6-14)8-15-9-17-13/h2-5,8-9,16H,6-7,14H2,1H3. The molecule has 0 amide bonds. The van der Waals surface area contributed by atoms with Gasteiger partial charge in [-0.3, -0.25) is 0 Å². The quantitative estimate of drug-likeness (QED) is 0.838. The summed E-state index contributed by atoms with van der Waals surface area (Å²) in [5, 5.41) is 3.23. The van der Waals surface area contributed by atoms with Gasteiger partial charge < -0.3 is 11.1 Å². The van der Waals surface area contributed by atoms with E-state index in [1.54, 1.807) is 12.5 Å². The molecule has 0 fully saturated rings. The van der Waals surface area contributed by atoms with E-state index in [0.717, 1.165) is 16.9 Å². The van der Waals surface area contributed by atoms with Crippen molar-refractivity contribution in [3.8, 4) is 11.3 Å². The van der Waals surface area contributed by atoms with Crippen LogP contribution in [0.3, 0.4) is 0 Å². The van der Waals surface area contributed by atoms with Crippen LogP contribution in [0.25, 0.3) is 11.3 Å². The first-order chi connectivity index (χ1) is 8.31. The second-order valence-electron chi connectivity index (χ2n) is 3.87. The molecule has 2 rings (SSSR count). The molecule has 2 aromatic rings. The van der Waals surface area contributed by atoms with Crippen molar-refractivity contribution in [3.05, 3.63) is 42.4 Å². The van der Waals surface area contributed by atoms with Crippen LogP contribution in [0.1, 0.15) is 5.56 Å². The van der Waals surface area contributed by atoms with E-state index in [-0.39, 0.29) is 0 Å². The Morgan fingerprint density at radius 3 is 2.71 bits per heavy atom. The molecule has 0 saturated carbocycles. The van der Waals surface area contributed by atoms with Gasteiger partial charge in [-0.1, -0.05) is 29.8 Å². The maximum atomic E-state index is 5.48. The van der Waals surface area contributed by atoms with Crippen molar-refractivity contribution >= 4 is 5.69 Å². The Hall–Kier alpha value is -1.94. The summed E-state index contributed by atoms with van der Waals surface area (Å²) in [4.78, 5) is 8.34. The number of hydrogen-bond donors (Lipinski definition) is 2. The van der Waals surface area contributed by atoms with Crippen molar-refractivity contribution in [2.75, 3.05) is 18.4 Å². The molecular formula is C13H16N4. The van der Waals surface area contributed by atoms with Crippen molar-refractivity contribution in [1.29, 1.82) is 0 Å². The number of aryl methyl sites for hydroxylation is 1. The van der Waals surface area contributed by atoms with Gasteiger partial charge in [-0.05, 0) is 6.92 Å². The number of anilines is 1. The van der Waals surface area contributed by atoms with Gasteiger partial charge in [0.25, 0.3) is 0 Å². The van der Waals surface area contributed by atoms with Crippen molar-refractivity contribution in [3.63, 3.8) is 0 Å². The molecule has 3 N–H and O–H groups in total. The second-order valence-corrected chi connectivity index (χ2v) is 3.87. The van der Waals surface area contributed by atoms with Gasteiger partial charge in [-0.15, -0.1) is 0 Å². The average Bonchev–Trinajstić information content (AvgIpc) is 2.38. The summed E-state index contributed by atoms with van der Waals surface area (Å²) >= 11 is 0. The van der Waals surface area contributed by atoms with E-state index in [2.05, 4.69) is 46.5 Å². The first-order valence-electron chi connectivity index (χ1n) is 5.62. The molecule has 0 spiro atoms. The van der Waals surface area contributed by atoms with Crippen LogP contribution in [-0.4, -0.2) is 23.1 Å². The number of nitrogens with one attached hydrogen (secondary N) is 1. The zero-order chi connectivity index (χ0) is 12.1. The summed E-state index contributed by atoms with van der Waals surface area (Å²) in [7, 11) is 0. The van der Waals surface area contributed by atoms with Gasteiger partial charge in [0.2, 0.25) is 0 Å². The Bertz CT molecular complexity index is 479. The topological polar surface area (TPSA) is 63.8 Å². The monoisotopic (exact) mass is 228 g/mol. The SMILES string of the molecule is Cc1ccc(-c2ncncc2NCCN)cc1. The third kappa shape index (κ3) is 2.79. The van der Waals surface area contributed by atoms with Crippen LogP contribution in [0.2, 0.25) is 0 Å². The van der Waals surface area contributed by atoms with Gasteiger partial charge in [-0.2, -0.15) is 0 Å². The van der Waals surface area contributed by atoms with Crippen LogP contribution in [0.15, 0.2) is 36.8 Å². The molecule has 0 aliphatic heterocycles. The van der Waals surface area contributed by atoms with E-state index < -0.39 is 0 Å². The fourth-order valence-corrected chi connectivity index (χ4v) is 1.61. The van der Waals surface area contributed by atoms with E-state index in [4.69, 9.17) is 5.73 Å². The molecule has 4 heteroatoms. The van der Waals surface area contributed by atoms with Gasteiger partial charge >= 0.3 is 0 Å². The minimum Gasteiger partial charge on any atom is -0.381 e. The highest BCUT2D eigenvalue weighted by molar-refractivity contribution is 5.73. The zero-order valence-electron chi connectivity index (χ0n) is 9.85. The molecule has 88 valence electrons. The Morgan fingerprint density at radius 1 is 1.24 bits per heavy atom. The molecule has 1 heterocycles. The number of nitrogens with two attached hydrogens (primary N) is 1. The first kappa shape index (κ1) is 11.5. The zero-order valence-corrected chi connectivity index (χ0v) is 9.85. The summed E-state index contributed by atoms with van der Waals surface area (Å²) in [6.45, 7) is 3.37. The Kier molecular flexibility index (Phi) is 3.67. The van der Waals surface area contributed by atoms with Gasteiger partial charge in [0.05, 0.1) is 17.6 Å². The van der Waals surface area contributed by atoms with Crippen LogP contribution in [0.4, 0.5) is 5.69 Å². The van der Waals surface area contributed by atoms with Crippen LogP contribution in [0, 0.1) is 6.92 Å². The summed E-state index contributed by atoms with van der Waals surface area (Å²) < 4.78 is 0. The molecule has 0 unspecified atom stereocenters. The minimum absolute atomic E-state index is 0.586. The molecular weight excluding hydrogens is 212 g/mol. The van der Waals surface area contributed by atoms with Gasteiger partial charge in [0.15, 0.2) is 0 Å². The predicted molar refractivity (Wildman–Crippen MR) is 69.7 cm³/mol. The lowest BCUT2D eigenvalue weighted by molar-refractivity contribution is 1.02. The van der Waals surface area contributed by atoms with Crippen LogP contribution in [-0.2, 0) is 0 Å². The molecule has 0 aliphatic rings. The maximum Gasteiger partial charge on any atom is 0.116 e. The van der Waals surface area contributed by atoms with Gasteiger partial charge in [0, 0.05) is 18.7 Å². The van der Waals surface area contributed by atoms with Gasteiger partial charge in [-0.25, -0.2) is 9.97 Å². The summed E-state index contributed by atoms with van der Waals surface area (Å²) in [6.07, 6.45) is 3.33. The van der Waals surface area contributed by atoms with Crippen molar-refractivity contribution in [2.45, 2.75) is 6.92 Å². The van der Waals surface area contributed by atoms with E-state index in [1.165, 1.54) is 5.56 Å². The van der Waals surface area contributed by atoms with E-state index in [9.17, 15) is 0 Å². The third-order valence-electron chi connectivity index (χ3n) is 2.50. The molecule has 0 saturated heterocycles. The van der Waals surface area contributed by atoms with Crippen molar-refractivity contribution < 1.29 is 0 Å². The normalized spacial score (nSPS) is 10.2. The number of nitrogens with zero attached hydrogens (tertiary/aromatic N) is 2. The molecule has 0 aliphatic carbocycles. The van der Waals surface area contributed by atoms with Crippen LogP contribution in [0.5, 0.6) is 0 Å². The lowest BCUT2D eigenvalue weighted by atomic mass is 10.1. The van der Waals surface area contributed by atoms with Crippen molar-refractivity contribution in [2.24, 2.45) is 5.73 Å². The van der Waals surface area contributed by atoms with Crippen molar-refractivity contribution in [1.82, 2.24) is 9.97 Å². The fourth-order valence-electron chi connectivity index (χ4n) is 1.61. The Labute approximate surface area is 101 Å². The first-order valence-corrected chi connectivity index (χ1v) is 5.62. The molecule has 0 atom stereocenters. The van der Waals surface area contributed by atoms with Crippen LogP contribution < -0.4 is 11.1 Å². The number of rotatable bonds is 4. The minimum atomic E-state index is 0.586. The Morgan fingerprint density at radius 2 is 2.00 bits per heavy atom. The highest BCUT2D eigenvalue weighted by atomic mass is 15.0. The molecule has 17 heavy (non-hydrogen) atoms. The highest BCUT2D eigenvalue weighted by Crippen LogP contribution is 2.24. The molecule has 4 nitrogen and oxygen atoms in total. The van der Waals surface area contributed by atoms with E-state index in [1.807, 2.05) is 0 Å². The summed E-state index contributed by atoms with van der Waals surface area (Å²) in [5.74, 6) is 0. The largest absolute Gasteiger partial charge is 0.381 e. The molecule has 1 aromatic carbocycles. The smallest absolute Gasteiger partial charge is 0.116 e.